The maximum atomic E-state index is 9.53. The van der Waals surface area contributed by atoms with Crippen molar-refractivity contribution in [1.29, 1.82) is 5.26 Å². The number of nitrogens with two attached hydrogens (primary N) is 1. The molecule has 0 spiro atoms. The van der Waals surface area contributed by atoms with E-state index >= 15 is 0 Å². The minimum atomic E-state index is 0.382. The van der Waals surface area contributed by atoms with Crippen LogP contribution in [-0.2, 0) is 13.0 Å². The summed E-state index contributed by atoms with van der Waals surface area (Å²) in [6.07, 6.45) is 1.46. The van der Waals surface area contributed by atoms with Crippen LogP contribution >= 0.6 is 11.3 Å². The summed E-state index contributed by atoms with van der Waals surface area (Å²) in [5.74, 6) is 1.17. The lowest BCUT2D eigenvalue weighted by atomic mass is 10.1. The van der Waals surface area contributed by atoms with Crippen LogP contribution < -0.4 is 16.4 Å². The molecule has 0 saturated carbocycles. The summed E-state index contributed by atoms with van der Waals surface area (Å²) in [4.78, 5) is 7.18. The first-order valence-electron chi connectivity index (χ1n) is 10.0. The number of aliphatic imine (C=N–C) groups is 1. The summed E-state index contributed by atoms with van der Waals surface area (Å²) < 4.78 is 1.63. The highest BCUT2D eigenvalue weighted by molar-refractivity contribution is 7.11. The molecule has 0 fully saturated rings. The van der Waals surface area contributed by atoms with Crippen molar-refractivity contribution >= 4 is 23.1 Å². The Morgan fingerprint density at radius 2 is 2.03 bits per heavy atom. The number of aromatic nitrogens is 2. The van der Waals surface area contributed by atoms with Gasteiger partial charge in [-0.3, -0.25) is 0 Å². The number of rotatable bonds is 8. The third-order valence-corrected chi connectivity index (χ3v) is 5.51. The van der Waals surface area contributed by atoms with Gasteiger partial charge in [-0.1, -0.05) is 18.2 Å². The van der Waals surface area contributed by atoms with E-state index in [1.54, 1.807) is 16.0 Å². The molecule has 0 atom stereocenters. The summed E-state index contributed by atoms with van der Waals surface area (Å²) in [6, 6.07) is 16.0. The van der Waals surface area contributed by atoms with Gasteiger partial charge in [0, 0.05) is 22.8 Å². The van der Waals surface area contributed by atoms with Crippen molar-refractivity contribution < 1.29 is 0 Å². The zero-order valence-corrected chi connectivity index (χ0v) is 18.2. The molecule has 0 aliphatic heterocycles. The first-order chi connectivity index (χ1) is 14.6. The molecule has 2 heterocycles. The molecule has 0 amide bonds. The largest absolute Gasteiger partial charge is 0.382 e. The number of para-hydroxylation sites is 1. The highest BCUT2D eigenvalue weighted by atomic mass is 32.1. The van der Waals surface area contributed by atoms with Crippen molar-refractivity contribution in [1.82, 2.24) is 20.4 Å². The van der Waals surface area contributed by atoms with Gasteiger partial charge in [0.25, 0.3) is 0 Å². The topological polar surface area (TPSA) is 104 Å². The van der Waals surface area contributed by atoms with Crippen molar-refractivity contribution in [2.45, 2.75) is 33.2 Å². The van der Waals surface area contributed by atoms with Gasteiger partial charge in [-0.2, -0.15) is 10.4 Å². The van der Waals surface area contributed by atoms with Crippen LogP contribution in [0.1, 0.15) is 34.4 Å². The fourth-order valence-electron chi connectivity index (χ4n) is 3.07. The lowest BCUT2D eigenvalue weighted by molar-refractivity contribution is 0.723. The molecular weight excluding hydrogens is 394 g/mol. The average Bonchev–Trinajstić information content (AvgIpc) is 3.32. The van der Waals surface area contributed by atoms with Gasteiger partial charge in [-0.05, 0) is 51.0 Å². The molecule has 30 heavy (non-hydrogen) atoms. The van der Waals surface area contributed by atoms with Gasteiger partial charge in [-0.25, -0.2) is 9.67 Å². The molecule has 156 valence electrons. The van der Waals surface area contributed by atoms with E-state index < -0.39 is 0 Å². The average molecular weight is 422 g/mol. The molecule has 0 saturated heterocycles. The van der Waals surface area contributed by atoms with Gasteiger partial charge < -0.3 is 16.4 Å². The lowest BCUT2D eigenvalue weighted by Gasteiger charge is -2.10. The summed E-state index contributed by atoms with van der Waals surface area (Å²) in [5, 5.41) is 20.7. The fourth-order valence-corrected chi connectivity index (χ4v) is 3.89. The Bertz CT molecular complexity index is 1030. The van der Waals surface area contributed by atoms with E-state index in [-0.39, 0.29) is 0 Å². The Balaban J connectivity index is 1.59. The van der Waals surface area contributed by atoms with Crippen LogP contribution in [-0.4, -0.2) is 28.8 Å². The number of nitrogens with zero attached hydrogens (tertiary/aromatic N) is 4. The Labute approximate surface area is 181 Å². The Hall–Kier alpha value is -3.31. The molecule has 0 aliphatic carbocycles. The molecule has 2 aromatic heterocycles. The number of hydrogen-bond donors (Lipinski definition) is 3. The summed E-state index contributed by atoms with van der Waals surface area (Å²) in [7, 11) is 0. The number of hydrogen-bond acceptors (Lipinski definition) is 5. The summed E-state index contributed by atoms with van der Waals surface area (Å²) >= 11 is 1.76. The van der Waals surface area contributed by atoms with Crippen LogP contribution in [0.3, 0.4) is 0 Å². The Morgan fingerprint density at radius 1 is 1.23 bits per heavy atom. The zero-order valence-electron chi connectivity index (χ0n) is 17.4. The third-order valence-electron chi connectivity index (χ3n) is 4.52. The smallest absolute Gasteiger partial charge is 0.191 e. The van der Waals surface area contributed by atoms with Crippen molar-refractivity contribution in [2.75, 3.05) is 18.8 Å². The van der Waals surface area contributed by atoms with E-state index in [4.69, 9.17) is 5.73 Å². The van der Waals surface area contributed by atoms with E-state index in [0.29, 0.717) is 24.3 Å². The standard InChI is InChI=1S/C22H27N7S/c1-3-25-22(27-15-18-12-11-16(2)30-18)26-13-7-10-20-19(14-23)21(24)29(28-20)17-8-5-4-6-9-17/h4-6,8-9,11-12H,3,7,10,13,15,24H2,1-2H3,(H2,25,26,27). The number of guanidine groups is 1. The first kappa shape index (κ1) is 21.4. The Morgan fingerprint density at radius 3 is 2.70 bits per heavy atom. The molecular formula is C22H27N7S. The minimum absolute atomic E-state index is 0.382. The predicted molar refractivity (Wildman–Crippen MR) is 123 cm³/mol. The van der Waals surface area contributed by atoms with Crippen LogP contribution in [0.5, 0.6) is 0 Å². The molecule has 0 aliphatic rings. The van der Waals surface area contributed by atoms with E-state index in [0.717, 1.165) is 36.9 Å². The summed E-state index contributed by atoms with van der Waals surface area (Å²) in [6.45, 7) is 6.32. The van der Waals surface area contributed by atoms with Gasteiger partial charge in [0.05, 0.1) is 17.9 Å². The SMILES string of the molecule is CCNC(=NCc1ccc(C)s1)NCCCc1nn(-c2ccccc2)c(N)c1C#N. The van der Waals surface area contributed by atoms with Gasteiger partial charge in [0.15, 0.2) is 5.96 Å². The van der Waals surface area contributed by atoms with Crippen LogP contribution in [0.2, 0.25) is 0 Å². The van der Waals surface area contributed by atoms with Crippen molar-refractivity contribution in [3.63, 3.8) is 0 Å². The molecule has 0 radical (unpaired) electrons. The maximum absolute atomic E-state index is 9.53. The number of anilines is 1. The monoisotopic (exact) mass is 421 g/mol. The number of benzene rings is 1. The number of thiophene rings is 1. The predicted octanol–water partition coefficient (Wildman–Crippen LogP) is 3.38. The van der Waals surface area contributed by atoms with E-state index in [9.17, 15) is 5.26 Å². The van der Waals surface area contributed by atoms with E-state index in [1.165, 1.54) is 9.75 Å². The zero-order chi connectivity index (χ0) is 21.3. The molecule has 8 heteroatoms. The van der Waals surface area contributed by atoms with Crippen LogP contribution in [0.15, 0.2) is 47.5 Å². The number of aryl methyl sites for hydroxylation is 2. The third kappa shape index (κ3) is 5.39. The van der Waals surface area contributed by atoms with E-state index in [1.807, 2.05) is 37.3 Å². The summed E-state index contributed by atoms with van der Waals surface area (Å²) in [5.41, 5.74) is 8.19. The van der Waals surface area contributed by atoms with E-state index in [2.05, 4.69) is 45.9 Å². The van der Waals surface area contributed by atoms with Crippen molar-refractivity contribution in [3.05, 3.63) is 63.5 Å². The fraction of sp³-hybridized carbons (Fsp3) is 0.318. The van der Waals surface area contributed by atoms with Gasteiger partial charge in [0.2, 0.25) is 0 Å². The van der Waals surface area contributed by atoms with Gasteiger partial charge >= 0.3 is 0 Å². The second kappa shape index (κ2) is 10.5. The minimum Gasteiger partial charge on any atom is -0.382 e. The first-order valence-corrected chi connectivity index (χ1v) is 10.8. The van der Waals surface area contributed by atoms with Crippen LogP contribution in [0.4, 0.5) is 5.82 Å². The number of nitrogens with one attached hydrogen (secondary N) is 2. The van der Waals surface area contributed by atoms with Crippen LogP contribution in [0, 0.1) is 18.3 Å². The van der Waals surface area contributed by atoms with Gasteiger partial charge in [-0.15, -0.1) is 11.3 Å². The highest BCUT2D eigenvalue weighted by Gasteiger charge is 2.16. The molecule has 0 bridgehead atoms. The molecule has 3 aromatic rings. The normalized spacial score (nSPS) is 11.3. The number of nitrogen functional groups attached to an aromatic ring is 1. The number of nitriles is 1. The molecule has 0 unspecified atom stereocenters. The molecule has 1 aromatic carbocycles. The second-order valence-corrected chi connectivity index (χ2v) is 8.18. The molecule has 4 N–H and O–H groups in total. The van der Waals surface area contributed by atoms with Crippen LogP contribution in [0.25, 0.3) is 5.69 Å². The molecule has 7 nitrogen and oxygen atoms in total. The highest BCUT2D eigenvalue weighted by Crippen LogP contribution is 2.21. The van der Waals surface area contributed by atoms with Crippen molar-refractivity contribution in [3.8, 4) is 11.8 Å². The van der Waals surface area contributed by atoms with Gasteiger partial charge in [0.1, 0.15) is 17.5 Å². The maximum Gasteiger partial charge on any atom is 0.191 e. The lowest BCUT2D eigenvalue weighted by Crippen LogP contribution is -2.37. The van der Waals surface area contributed by atoms with Crippen molar-refractivity contribution in [2.24, 2.45) is 4.99 Å². The Kier molecular flexibility index (Phi) is 7.46. The molecule has 3 rings (SSSR count). The quantitative estimate of drug-likeness (QED) is 0.294. The second-order valence-electron chi connectivity index (χ2n) is 6.80.